The van der Waals surface area contributed by atoms with Gasteiger partial charge in [0.25, 0.3) is 0 Å². The van der Waals surface area contributed by atoms with Crippen molar-refractivity contribution < 1.29 is 4.74 Å². The Morgan fingerprint density at radius 1 is 1.52 bits per heavy atom. The lowest BCUT2D eigenvalue weighted by Crippen LogP contribution is -2.44. The lowest BCUT2D eigenvalue weighted by Gasteiger charge is -2.34. The Kier molecular flexibility index (Phi) is 4.47. The number of nitrogens with zero attached hydrogens (tertiary/aromatic N) is 3. The molecule has 1 atom stereocenters. The maximum absolute atomic E-state index is 5.55. The van der Waals surface area contributed by atoms with E-state index in [0.717, 1.165) is 43.6 Å². The fourth-order valence-electron chi connectivity index (χ4n) is 2.74. The van der Waals surface area contributed by atoms with E-state index >= 15 is 0 Å². The first-order chi connectivity index (χ1) is 10.2. The summed E-state index contributed by atoms with van der Waals surface area (Å²) in [4.78, 5) is 8.32. The van der Waals surface area contributed by atoms with Crippen LogP contribution in [0.4, 0.5) is 5.82 Å². The van der Waals surface area contributed by atoms with Crippen LogP contribution in [0.25, 0.3) is 4.96 Å². The molecule has 0 radical (unpaired) electrons. The van der Waals surface area contributed by atoms with Gasteiger partial charge < -0.3 is 15.0 Å². The average Bonchev–Trinajstić information content (AvgIpc) is 3.01. The van der Waals surface area contributed by atoms with Gasteiger partial charge in [0, 0.05) is 24.7 Å². The van der Waals surface area contributed by atoms with Crippen molar-refractivity contribution in [1.29, 1.82) is 0 Å². The molecule has 1 N–H and O–H groups in total. The second-order valence-corrected chi connectivity index (χ2v) is 6.95. The third-order valence-corrected chi connectivity index (χ3v) is 4.58. The molecule has 0 aliphatic carbocycles. The van der Waals surface area contributed by atoms with Gasteiger partial charge in [-0.3, -0.25) is 4.40 Å². The highest BCUT2D eigenvalue weighted by molar-refractivity contribution is 7.15. The monoisotopic (exact) mass is 308 g/mol. The summed E-state index contributed by atoms with van der Waals surface area (Å²) in [5.74, 6) is 1.77. The molecule has 2 aromatic rings. The number of anilines is 1. The van der Waals surface area contributed by atoms with Crippen LogP contribution in [0.15, 0.2) is 11.6 Å². The third kappa shape index (κ3) is 3.07. The van der Waals surface area contributed by atoms with Crippen LogP contribution in [0.2, 0.25) is 0 Å². The Labute approximate surface area is 129 Å². The summed E-state index contributed by atoms with van der Waals surface area (Å²) in [6, 6.07) is 0.382. The molecule has 3 heterocycles. The normalized spacial score (nSPS) is 19.8. The van der Waals surface area contributed by atoms with E-state index < -0.39 is 0 Å². The molecule has 1 saturated heterocycles. The summed E-state index contributed by atoms with van der Waals surface area (Å²) in [6.45, 7) is 11.0. The number of ether oxygens (including phenoxy) is 1. The van der Waals surface area contributed by atoms with Crippen molar-refractivity contribution in [2.75, 3.05) is 31.2 Å². The summed E-state index contributed by atoms with van der Waals surface area (Å²) in [6.07, 6.45) is 2.12. The second kappa shape index (κ2) is 6.34. The summed E-state index contributed by atoms with van der Waals surface area (Å²) in [5.41, 5.74) is 1.26. The van der Waals surface area contributed by atoms with Crippen LogP contribution in [0.3, 0.4) is 0 Å². The van der Waals surface area contributed by atoms with Crippen LogP contribution in [-0.4, -0.2) is 41.7 Å². The van der Waals surface area contributed by atoms with Crippen LogP contribution in [0, 0.1) is 5.92 Å². The van der Waals surface area contributed by atoms with Gasteiger partial charge in [-0.25, -0.2) is 4.98 Å². The van der Waals surface area contributed by atoms with Gasteiger partial charge in [-0.1, -0.05) is 13.8 Å². The number of fused-ring (bicyclic) bond motifs is 1. The highest BCUT2D eigenvalue weighted by atomic mass is 32.1. The second-order valence-electron chi connectivity index (χ2n) is 6.08. The first kappa shape index (κ1) is 14.8. The van der Waals surface area contributed by atoms with Crippen LogP contribution < -0.4 is 10.2 Å². The SMILES string of the molecule is CC(C)CNCc1c(N2CCOCC2C)nc2sccn12. The smallest absolute Gasteiger partial charge is 0.195 e. The van der Waals surface area contributed by atoms with E-state index in [9.17, 15) is 0 Å². The van der Waals surface area contributed by atoms with E-state index in [1.54, 1.807) is 11.3 Å². The van der Waals surface area contributed by atoms with E-state index in [0.29, 0.717) is 12.0 Å². The van der Waals surface area contributed by atoms with Crippen molar-refractivity contribution in [2.24, 2.45) is 5.92 Å². The third-order valence-electron chi connectivity index (χ3n) is 3.82. The molecule has 2 aromatic heterocycles. The molecule has 0 bridgehead atoms. The molecule has 0 saturated carbocycles. The molecule has 3 rings (SSSR count). The van der Waals surface area contributed by atoms with Crippen molar-refractivity contribution >= 4 is 22.1 Å². The molecular weight excluding hydrogens is 284 g/mol. The molecule has 1 aliphatic heterocycles. The molecule has 0 spiro atoms. The molecular formula is C15H24N4OS. The molecule has 1 unspecified atom stereocenters. The minimum absolute atomic E-state index is 0.382. The van der Waals surface area contributed by atoms with Crippen LogP contribution >= 0.6 is 11.3 Å². The number of thiazole rings is 1. The Bertz CT molecular complexity index is 592. The number of hydrogen-bond acceptors (Lipinski definition) is 5. The Morgan fingerprint density at radius 3 is 3.14 bits per heavy atom. The molecule has 116 valence electrons. The standard InChI is InChI=1S/C15H24N4OS/c1-11(2)8-16-9-13-14(17-15-19(13)5-7-21-15)18-4-6-20-10-12(18)3/h5,7,11-12,16H,4,6,8-10H2,1-3H3. The van der Waals surface area contributed by atoms with Crippen molar-refractivity contribution in [1.82, 2.24) is 14.7 Å². The molecule has 0 aromatic carbocycles. The number of nitrogens with one attached hydrogen (secondary N) is 1. The summed E-state index contributed by atoms with van der Waals surface area (Å²) >= 11 is 1.69. The largest absolute Gasteiger partial charge is 0.377 e. The van der Waals surface area contributed by atoms with E-state index in [1.807, 2.05) is 0 Å². The molecule has 21 heavy (non-hydrogen) atoms. The maximum Gasteiger partial charge on any atom is 0.195 e. The van der Waals surface area contributed by atoms with Gasteiger partial charge in [-0.2, -0.15) is 0 Å². The zero-order valence-corrected chi connectivity index (χ0v) is 13.8. The minimum atomic E-state index is 0.382. The first-order valence-electron chi connectivity index (χ1n) is 7.66. The number of aromatic nitrogens is 2. The fraction of sp³-hybridized carbons (Fsp3) is 0.667. The van der Waals surface area contributed by atoms with Crippen molar-refractivity contribution in [2.45, 2.75) is 33.4 Å². The van der Waals surface area contributed by atoms with E-state index in [1.165, 1.54) is 5.69 Å². The molecule has 1 fully saturated rings. The summed E-state index contributed by atoms with van der Waals surface area (Å²) in [7, 11) is 0. The van der Waals surface area contributed by atoms with Gasteiger partial charge in [0.15, 0.2) is 10.8 Å². The number of hydrogen-bond donors (Lipinski definition) is 1. The highest BCUT2D eigenvalue weighted by Crippen LogP contribution is 2.27. The lowest BCUT2D eigenvalue weighted by molar-refractivity contribution is 0.0985. The van der Waals surface area contributed by atoms with Crippen LogP contribution in [0.1, 0.15) is 26.5 Å². The molecule has 6 heteroatoms. The minimum Gasteiger partial charge on any atom is -0.377 e. The Hall–Kier alpha value is -1.11. The van der Waals surface area contributed by atoms with Gasteiger partial charge in [-0.15, -0.1) is 11.3 Å². The van der Waals surface area contributed by atoms with Crippen LogP contribution in [-0.2, 0) is 11.3 Å². The van der Waals surface area contributed by atoms with Gasteiger partial charge in [0.2, 0.25) is 0 Å². The summed E-state index contributed by atoms with van der Waals surface area (Å²) < 4.78 is 7.77. The van der Waals surface area contributed by atoms with Gasteiger partial charge in [0.1, 0.15) is 0 Å². The van der Waals surface area contributed by atoms with Crippen molar-refractivity contribution in [3.05, 3.63) is 17.3 Å². The number of rotatable bonds is 5. The molecule has 5 nitrogen and oxygen atoms in total. The number of morpholine rings is 1. The zero-order valence-electron chi connectivity index (χ0n) is 13.0. The van der Waals surface area contributed by atoms with Gasteiger partial charge in [0.05, 0.1) is 24.9 Å². The Morgan fingerprint density at radius 2 is 2.38 bits per heavy atom. The molecule has 0 amide bonds. The van der Waals surface area contributed by atoms with E-state index in [4.69, 9.17) is 9.72 Å². The fourth-order valence-corrected chi connectivity index (χ4v) is 3.46. The topological polar surface area (TPSA) is 41.8 Å². The predicted molar refractivity (Wildman–Crippen MR) is 87.2 cm³/mol. The number of imidazole rings is 1. The van der Waals surface area contributed by atoms with E-state index in [2.05, 4.69) is 47.0 Å². The quantitative estimate of drug-likeness (QED) is 0.921. The van der Waals surface area contributed by atoms with Crippen molar-refractivity contribution in [3.63, 3.8) is 0 Å². The maximum atomic E-state index is 5.55. The highest BCUT2D eigenvalue weighted by Gasteiger charge is 2.25. The lowest BCUT2D eigenvalue weighted by atomic mass is 10.2. The predicted octanol–water partition coefficient (Wildman–Crippen LogP) is 2.37. The first-order valence-corrected chi connectivity index (χ1v) is 8.54. The van der Waals surface area contributed by atoms with E-state index in [-0.39, 0.29) is 0 Å². The van der Waals surface area contributed by atoms with Gasteiger partial charge >= 0.3 is 0 Å². The van der Waals surface area contributed by atoms with Crippen LogP contribution in [0.5, 0.6) is 0 Å². The zero-order chi connectivity index (χ0) is 14.8. The molecule has 1 aliphatic rings. The van der Waals surface area contributed by atoms with Gasteiger partial charge in [-0.05, 0) is 19.4 Å². The summed E-state index contributed by atoms with van der Waals surface area (Å²) in [5, 5.41) is 5.65. The Balaban J connectivity index is 1.87. The average molecular weight is 308 g/mol. The van der Waals surface area contributed by atoms with Crippen molar-refractivity contribution in [3.8, 4) is 0 Å².